The topological polar surface area (TPSA) is 113 Å². The molecule has 0 saturated heterocycles. The van der Waals surface area contributed by atoms with Crippen molar-refractivity contribution in [2.75, 3.05) is 11.5 Å². The molecule has 0 fully saturated rings. The lowest BCUT2D eigenvalue weighted by molar-refractivity contribution is -0.132. The number of pyridine rings is 1. The Morgan fingerprint density at radius 2 is 2.06 bits per heavy atom. The van der Waals surface area contributed by atoms with E-state index in [1.54, 1.807) is 13.0 Å². The Bertz CT molecular complexity index is 965. The van der Waals surface area contributed by atoms with E-state index < -0.39 is 17.6 Å². The molecular formula is C23H31N5O3S2. The van der Waals surface area contributed by atoms with Crippen LogP contribution in [0.5, 0.6) is 0 Å². The van der Waals surface area contributed by atoms with E-state index in [9.17, 15) is 14.4 Å². The molecule has 2 aliphatic heterocycles. The van der Waals surface area contributed by atoms with Crippen LogP contribution in [0.25, 0.3) is 0 Å². The maximum absolute atomic E-state index is 13.2. The maximum Gasteiger partial charge on any atom is 0.249 e. The van der Waals surface area contributed by atoms with Crippen molar-refractivity contribution in [1.29, 1.82) is 0 Å². The van der Waals surface area contributed by atoms with Crippen LogP contribution in [0, 0.1) is 5.92 Å². The molecule has 3 N–H and O–H groups in total. The second-order valence-electron chi connectivity index (χ2n) is 8.73. The molecule has 0 aromatic carbocycles. The fourth-order valence-corrected chi connectivity index (χ4v) is 4.80. The number of thioether (sulfide) groups is 1. The van der Waals surface area contributed by atoms with Crippen LogP contribution in [0.15, 0.2) is 35.3 Å². The molecule has 1 aromatic heterocycles. The second-order valence-corrected chi connectivity index (χ2v) is 10.1. The molecule has 1 aromatic rings. The number of hydrogen-bond acceptors (Lipinski definition) is 7. The zero-order valence-corrected chi connectivity index (χ0v) is 20.8. The Morgan fingerprint density at radius 3 is 2.79 bits per heavy atom. The molecular weight excluding hydrogens is 458 g/mol. The molecule has 3 rings (SSSR count). The number of nitrogens with zero attached hydrogens (tertiary/aromatic N) is 2. The number of rotatable bonds is 4. The van der Waals surface area contributed by atoms with Gasteiger partial charge in [-0.1, -0.05) is 32.1 Å². The van der Waals surface area contributed by atoms with Gasteiger partial charge in [0.25, 0.3) is 0 Å². The minimum Gasteiger partial charge on any atom is -0.350 e. The van der Waals surface area contributed by atoms with E-state index in [0.717, 1.165) is 0 Å². The van der Waals surface area contributed by atoms with Gasteiger partial charge in [-0.05, 0) is 37.1 Å². The summed E-state index contributed by atoms with van der Waals surface area (Å²) in [5.74, 6) is 0.128. The van der Waals surface area contributed by atoms with E-state index in [4.69, 9.17) is 0 Å². The molecule has 8 nitrogen and oxygen atoms in total. The van der Waals surface area contributed by atoms with Gasteiger partial charge in [-0.3, -0.25) is 19.4 Å². The van der Waals surface area contributed by atoms with Crippen molar-refractivity contribution in [3.05, 3.63) is 41.7 Å². The minimum absolute atomic E-state index is 0.0769. The predicted octanol–water partition coefficient (Wildman–Crippen LogP) is 1.86. The van der Waals surface area contributed by atoms with Gasteiger partial charge in [0, 0.05) is 5.75 Å². The van der Waals surface area contributed by atoms with Crippen LogP contribution in [0.2, 0.25) is 0 Å². The zero-order valence-electron chi connectivity index (χ0n) is 19.1. The van der Waals surface area contributed by atoms with Crippen LogP contribution >= 0.6 is 24.4 Å². The van der Waals surface area contributed by atoms with Crippen LogP contribution in [-0.4, -0.2) is 56.9 Å². The number of thiol groups is 1. The van der Waals surface area contributed by atoms with Gasteiger partial charge < -0.3 is 16.0 Å². The number of hydrogen-bond donors (Lipinski definition) is 4. The van der Waals surface area contributed by atoms with Crippen molar-refractivity contribution in [2.45, 2.75) is 57.8 Å². The molecule has 2 unspecified atom stereocenters. The third kappa shape index (κ3) is 6.60. The standard InChI is InChI=1S/C23H31N5O3S2/c1-14(2)19-20(30)26-15(7-4-5-10-32)11-18(29)24-12-16-8-6-9-17(25-16)21-28-23(3,13-33-21)22(31)27-19/h4,6-9,14-15,19,32H,5,10-13H2,1-3H3,(H,24,29)(H,26,30)(H,27,31)/b7-4+/t15?,19?,23-/m0/s1. The molecule has 3 heterocycles. The summed E-state index contributed by atoms with van der Waals surface area (Å²) in [5.41, 5.74) is 0.365. The van der Waals surface area contributed by atoms with E-state index in [2.05, 4.69) is 38.6 Å². The SMILES string of the molecule is CC(C)C1NC(=O)[C@]2(C)CSC(=N2)c2cccc(n2)CNC(=O)CC(/C=C/CCS)NC1=O. The molecule has 178 valence electrons. The predicted molar refractivity (Wildman–Crippen MR) is 134 cm³/mol. The third-order valence-electron chi connectivity index (χ3n) is 5.45. The van der Waals surface area contributed by atoms with Crippen LogP contribution in [0.1, 0.15) is 45.0 Å². The molecule has 2 aliphatic rings. The normalized spacial score (nSPS) is 26.7. The lowest BCUT2D eigenvalue weighted by Gasteiger charge is -2.27. The highest BCUT2D eigenvalue weighted by molar-refractivity contribution is 8.14. The summed E-state index contributed by atoms with van der Waals surface area (Å²) in [6, 6.07) is 4.28. The lowest BCUT2D eigenvalue weighted by Crippen LogP contribution is -2.56. The monoisotopic (exact) mass is 489 g/mol. The van der Waals surface area contributed by atoms with Crippen molar-refractivity contribution in [3.8, 4) is 0 Å². The number of amides is 3. The molecule has 0 spiro atoms. The summed E-state index contributed by atoms with van der Waals surface area (Å²) >= 11 is 5.66. The molecule has 4 bridgehead atoms. The first-order valence-corrected chi connectivity index (χ1v) is 12.7. The Kier molecular flexibility index (Phi) is 8.58. The van der Waals surface area contributed by atoms with Crippen LogP contribution < -0.4 is 16.0 Å². The summed E-state index contributed by atoms with van der Waals surface area (Å²) in [7, 11) is 0. The quantitative estimate of drug-likeness (QED) is 0.381. The largest absolute Gasteiger partial charge is 0.350 e. The first-order valence-electron chi connectivity index (χ1n) is 11.1. The summed E-state index contributed by atoms with van der Waals surface area (Å²) in [6.45, 7) is 5.78. The molecule has 3 atom stereocenters. The highest BCUT2D eigenvalue weighted by atomic mass is 32.2. The number of nitrogens with one attached hydrogen (secondary N) is 3. The van der Waals surface area contributed by atoms with Crippen molar-refractivity contribution in [2.24, 2.45) is 10.9 Å². The van der Waals surface area contributed by atoms with E-state index in [-0.39, 0.29) is 36.6 Å². The van der Waals surface area contributed by atoms with Crippen LogP contribution in [0.4, 0.5) is 0 Å². The van der Waals surface area contributed by atoms with Crippen LogP contribution in [-0.2, 0) is 20.9 Å². The Labute approximate surface area is 204 Å². The summed E-state index contributed by atoms with van der Waals surface area (Å²) in [4.78, 5) is 48.2. The van der Waals surface area contributed by atoms with Crippen LogP contribution in [0.3, 0.4) is 0 Å². The highest BCUT2D eigenvalue weighted by Gasteiger charge is 2.41. The number of aliphatic imine (C=N–C) groups is 1. The zero-order chi connectivity index (χ0) is 24.0. The molecule has 10 heteroatoms. The number of fused-ring (bicyclic) bond motifs is 4. The summed E-state index contributed by atoms with van der Waals surface area (Å²) in [6.07, 6.45) is 4.49. The van der Waals surface area contributed by atoms with Gasteiger partial charge in [0.15, 0.2) is 0 Å². The lowest BCUT2D eigenvalue weighted by atomic mass is 9.99. The van der Waals surface area contributed by atoms with Crippen molar-refractivity contribution in [1.82, 2.24) is 20.9 Å². The van der Waals surface area contributed by atoms with Gasteiger partial charge in [0.2, 0.25) is 17.7 Å². The maximum atomic E-state index is 13.2. The first kappa shape index (κ1) is 25.3. The van der Waals surface area contributed by atoms with Gasteiger partial charge >= 0.3 is 0 Å². The molecule has 3 amide bonds. The van der Waals surface area contributed by atoms with E-state index in [1.807, 2.05) is 38.1 Å². The minimum atomic E-state index is -0.998. The fourth-order valence-electron chi connectivity index (χ4n) is 3.51. The number of aromatic nitrogens is 1. The highest BCUT2D eigenvalue weighted by Crippen LogP contribution is 2.31. The van der Waals surface area contributed by atoms with Crippen molar-refractivity contribution >= 4 is 47.2 Å². The molecule has 0 saturated carbocycles. The molecule has 0 aliphatic carbocycles. The smallest absolute Gasteiger partial charge is 0.249 e. The Hall–Kier alpha value is -2.33. The third-order valence-corrected chi connectivity index (χ3v) is 6.99. The first-order chi connectivity index (χ1) is 15.7. The number of allylic oxidation sites excluding steroid dienone is 1. The van der Waals surface area contributed by atoms with Crippen molar-refractivity contribution in [3.63, 3.8) is 0 Å². The average molecular weight is 490 g/mol. The van der Waals surface area contributed by atoms with E-state index in [0.29, 0.717) is 34.4 Å². The van der Waals surface area contributed by atoms with Gasteiger partial charge in [-0.25, -0.2) is 4.98 Å². The second kappa shape index (κ2) is 11.2. The summed E-state index contributed by atoms with van der Waals surface area (Å²) < 4.78 is 0. The molecule has 0 radical (unpaired) electrons. The number of carbonyl (C=O) groups excluding carboxylic acids is 3. The van der Waals surface area contributed by atoms with Gasteiger partial charge in [0.05, 0.1) is 30.4 Å². The van der Waals surface area contributed by atoms with E-state index in [1.165, 1.54) is 11.8 Å². The fraction of sp³-hybridized carbons (Fsp3) is 0.522. The Morgan fingerprint density at radius 1 is 1.27 bits per heavy atom. The average Bonchev–Trinajstić information content (AvgIpc) is 3.19. The van der Waals surface area contributed by atoms with Gasteiger partial charge in [0.1, 0.15) is 16.6 Å². The van der Waals surface area contributed by atoms with Crippen molar-refractivity contribution < 1.29 is 14.4 Å². The van der Waals surface area contributed by atoms with E-state index >= 15 is 0 Å². The van der Waals surface area contributed by atoms with Gasteiger partial charge in [-0.15, -0.1) is 11.8 Å². The Balaban J connectivity index is 1.95. The molecule has 33 heavy (non-hydrogen) atoms. The summed E-state index contributed by atoms with van der Waals surface area (Å²) in [5, 5.41) is 9.37. The van der Waals surface area contributed by atoms with Gasteiger partial charge in [-0.2, -0.15) is 12.6 Å². The number of carbonyl (C=O) groups is 3.